The van der Waals surface area contributed by atoms with E-state index in [1.54, 1.807) is 6.07 Å². The Hall–Kier alpha value is -1.33. The van der Waals surface area contributed by atoms with E-state index < -0.39 is 0 Å². The second-order valence-electron chi connectivity index (χ2n) is 5.36. The summed E-state index contributed by atoms with van der Waals surface area (Å²) in [7, 11) is 0. The zero-order chi connectivity index (χ0) is 15.4. The maximum absolute atomic E-state index is 14.3. The fraction of sp³-hybridized carbons (Fsp3) is 0.533. The van der Waals surface area contributed by atoms with E-state index in [0.29, 0.717) is 24.3 Å². The van der Waals surface area contributed by atoms with E-state index in [4.69, 9.17) is 16.3 Å². The number of anilines is 1. The second-order valence-corrected chi connectivity index (χ2v) is 5.63. The van der Waals surface area contributed by atoms with Gasteiger partial charge in [0.05, 0.1) is 17.9 Å². The molecule has 2 atom stereocenters. The quantitative estimate of drug-likeness (QED) is 0.867. The molecule has 6 heteroatoms. The molecule has 1 aromatic rings. The Kier molecular flexibility index (Phi) is 5.42. The van der Waals surface area contributed by atoms with E-state index in [0.717, 1.165) is 0 Å². The van der Waals surface area contributed by atoms with Crippen LogP contribution in [0.15, 0.2) is 18.2 Å². The minimum absolute atomic E-state index is 0.0795. The van der Waals surface area contributed by atoms with Crippen LogP contribution < -0.4 is 10.2 Å². The second kappa shape index (κ2) is 7.09. The van der Waals surface area contributed by atoms with Crippen molar-refractivity contribution in [3.63, 3.8) is 0 Å². The lowest BCUT2D eigenvalue weighted by atomic mass is 10.1. The molecule has 0 aliphatic carbocycles. The number of hydrogen-bond donors (Lipinski definition) is 1. The summed E-state index contributed by atoms with van der Waals surface area (Å²) in [6.07, 6.45) is 0.159. The summed E-state index contributed by atoms with van der Waals surface area (Å²) in [5, 5.41) is 2.62. The molecule has 1 saturated heterocycles. The Morgan fingerprint density at radius 3 is 2.67 bits per heavy atom. The van der Waals surface area contributed by atoms with E-state index in [-0.39, 0.29) is 36.4 Å². The van der Waals surface area contributed by atoms with Gasteiger partial charge in [-0.1, -0.05) is 6.07 Å². The van der Waals surface area contributed by atoms with Gasteiger partial charge >= 0.3 is 0 Å². The number of ether oxygens (including phenoxy) is 1. The standard InChI is InChI=1S/C15H20ClFN2O2/c1-10-8-19(9-11(2)21-10)14-4-3-12(5-13(14)17)7-18-15(20)6-16/h3-5,10-11H,6-9H2,1-2H3,(H,18,20). The Balaban J connectivity index is 2.06. The van der Waals surface area contributed by atoms with Crippen molar-refractivity contribution in [1.29, 1.82) is 0 Å². The molecule has 21 heavy (non-hydrogen) atoms. The number of alkyl halides is 1. The van der Waals surface area contributed by atoms with Gasteiger partial charge in [0.1, 0.15) is 11.7 Å². The fourth-order valence-electron chi connectivity index (χ4n) is 2.54. The number of nitrogens with one attached hydrogen (secondary N) is 1. The predicted octanol–water partition coefficient (Wildman–Crippen LogP) is 2.29. The summed E-state index contributed by atoms with van der Waals surface area (Å²) in [5.41, 5.74) is 1.29. The SMILES string of the molecule is CC1CN(c2ccc(CNC(=O)CCl)cc2F)CC(C)O1. The molecule has 1 fully saturated rings. The predicted molar refractivity (Wildman–Crippen MR) is 81.2 cm³/mol. The fourth-order valence-corrected chi connectivity index (χ4v) is 2.63. The van der Waals surface area contributed by atoms with Crippen LogP contribution in [0.5, 0.6) is 0 Å². The molecule has 1 heterocycles. The van der Waals surface area contributed by atoms with E-state index in [1.165, 1.54) is 6.07 Å². The van der Waals surface area contributed by atoms with Crippen molar-refractivity contribution >= 4 is 23.2 Å². The molecular weight excluding hydrogens is 295 g/mol. The monoisotopic (exact) mass is 314 g/mol. The third kappa shape index (κ3) is 4.32. The molecule has 1 amide bonds. The molecule has 1 N–H and O–H groups in total. The molecule has 116 valence electrons. The van der Waals surface area contributed by atoms with Crippen molar-refractivity contribution in [3.8, 4) is 0 Å². The number of benzene rings is 1. The number of amides is 1. The maximum Gasteiger partial charge on any atom is 0.235 e. The maximum atomic E-state index is 14.3. The van der Waals surface area contributed by atoms with Gasteiger partial charge in [0, 0.05) is 19.6 Å². The highest BCUT2D eigenvalue weighted by atomic mass is 35.5. The van der Waals surface area contributed by atoms with Crippen molar-refractivity contribution in [2.75, 3.05) is 23.9 Å². The van der Waals surface area contributed by atoms with E-state index in [2.05, 4.69) is 5.32 Å². The summed E-state index contributed by atoms with van der Waals surface area (Å²) in [5.74, 6) is -0.643. The average Bonchev–Trinajstić information content (AvgIpc) is 2.43. The first kappa shape index (κ1) is 16.0. The molecular formula is C15H20ClFN2O2. The number of nitrogens with zero attached hydrogens (tertiary/aromatic N) is 1. The number of halogens is 2. The van der Waals surface area contributed by atoms with Crippen LogP contribution in [-0.2, 0) is 16.1 Å². The highest BCUT2D eigenvalue weighted by Gasteiger charge is 2.24. The molecule has 4 nitrogen and oxygen atoms in total. The number of carbonyl (C=O) groups excluding carboxylic acids is 1. The molecule has 0 aromatic heterocycles. The Labute approximate surface area is 129 Å². The van der Waals surface area contributed by atoms with Crippen molar-refractivity contribution in [2.45, 2.75) is 32.6 Å². The van der Waals surface area contributed by atoms with Gasteiger partial charge < -0.3 is 15.0 Å². The zero-order valence-corrected chi connectivity index (χ0v) is 13.0. The molecule has 1 aromatic carbocycles. The van der Waals surface area contributed by atoms with Crippen molar-refractivity contribution in [2.24, 2.45) is 0 Å². The smallest absolute Gasteiger partial charge is 0.235 e. The van der Waals surface area contributed by atoms with Gasteiger partial charge in [-0.25, -0.2) is 4.39 Å². The first-order chi connectivity index (χ1) is 9.99. The van der Waals surface area contributed by atoms with Crippen LogP contribution in [-0.4, -0.2) is 37.1 Å². The third-order valence-corrected chi connectivity index (χ3v) is 3.63. The van der Waals surface area contributed by atoms with Gasteiger partial charge in [-0.15, -0.1) is 11.6 Å². The summed E-state index contributed by atoms with van der Waals surface area (Å²) in [4.78, 5) is 13.1. The number of carbonyl (C=O) groups is 1. The van der Waals surface area contributed by atoms with Gasteiger partial charge in [-0.2, -0.15) is 0 Å². The lowest BCUT2D eigenvalue weighted by Crippen LogP contribution is -2.45. The lowest BCUT2D eigenvalue weighted by molar-refractivity contribution is -0.118. The first-order valence-corrected chi connectivity index (χ1v) is 7.54. The minimum Gasteiger partial charge on any atom is -0.372 e. The number of rotatable bonds is 4. The molecule has 2 rings (SSSR count). The average molecular weight is 315 g/mol. The van der Waals surface area contributed by atoms with Gasteiger partial charge in [0.2, 0.25) is 5.91 Å². The van der Waals surface area contributed by atoms with Crippen molar-refractivity contribution < 1.29 is 13.9 Å². The molecule has 1 aliphatic heterocycles. The molecule has 0 spiro atoms. The Morgan fingerprint density at radius 1 is 1.43 bits per heavy atom. The highest BCUT2D eigenvalue weighted by Crippen LogP contribution is 2.24. The van der Waals surface area contributed by atoms with Crippen LogP contribution in [0.3, 0.4) is 0 Å². The number of morpholine rings is 1. The number of hydrogen-bond acceptors (Lipinski definition) is 3. The summed E-state index contributed by atoms with van der Waals surface area (Å²) in [6.45, 7) is 5.58. The third-order valence-electron chi connectivity index (χ3n) is 3.38. The zero-order valence-electron chi connectivity index (χ0n) is 12.2. The van der Waals surface area contributed by atoms with Crippen LogP contribution in [0.25, 0.3) is 0 Å². The van der Waals surface area contributed by atoms with Gasteiger partial charge in [-0.05, 0) is 31.5 Å². The lowest BCUT2D eigenvalue weighted by Gasteiger charge is -2.37. The Bertz CT molecular complexity index is 502. The summed E-state index contributed by atoms with van der Waals surface area (Å²) >= 11 is 5.40. The van der Waals surface area contributed by atoms with Crippen LogP contribution in [0.1, 0.15) is 19.4 Å². The molecule has 1 aliphatic rings. The molecule has 0 radical (unpaired) electrons. The summed E-state index contributed by atoms with van der Waals surface area (Å²) < 4.78 is 19.9. The van der Waals surface area contributed by atoms with Crippen LogP contribution in [0.4, 0.5) is 10.1 Å². The largest absolute Gasteiger partial charge is 0.372 e. The normalized spacial score (nSPS) is 22.2. The van der Waals surface area contributed by atoms with Crippen LogP contribution in [0.2, 0.25) is 0 Å². The van der Waals surface area contributed by atoms with E-state index in [1.807, 2.05) is 24.8 Å². The van der Waals surface area contributed by atoms with E-state index >= 15 is 0 Å². The molecule has 2 unspecified atom stereocenters. The van der Waals surface area contributed by atoms with Gasteiger partial charge in [0.15, 0.2) is 0 Å². The van der Waals surface area contributed by atoms with Gasteiger partial charge in [-0.3, -0.25) is 4.79 Å². The van der Waals surface area contributed by atoms with Crippen molar-refractivity contribution in [3.05, 3.63) is 29.6 Å². The minimum atomic E-state index is -0.283. The molecule has 0 saturated carbocycles. The topological polar surface area (TPSA) is 41.6 Å². The highest BCUT2D eigenvalue weighted by molar-refractivity contribution is 6.27. The van der Waals surface area contributed by atoms with Crippen molar-refractivity contribution in [1.82, 2.24) is 5.32 Å². The first-order valence-electron chi connectivity index (χ1n) is 7.01. The van der Waals surface area contributed by atoms with E-state index in [9.17, 15) is 9.18 Å². The summed E-state index contributed by atoms with van der Waals surface area (Å²) in [6, 6.07) is 5.02. The molecule has 0 bridgehead atoms. The Morgan fingerprint density at radius 2 is 2.10 bits per heavy atom. The van der Waals surface area contributed by atoms with Crippen LogP contribution >= 0.6 is 11.6 Å². The van der Waals surface area contributed by atoms with Crippen LogP contribution in [0, 0.1) is 5.82 Å². The van der Waals surface area contributed by atoms with Gasteiger partial charge in [0.25, 0.3) is 0 Å².